The molecule has 0 radical (unpaired) electrons. The summed E-state index contributed by atoms with van der Waals surface area (Å²) in [4.78, 5) is 33.6. The maximum absolute atomic E-state index is 14.7. The Morgan fingerprint density at radius 3 is 2.35 bits per heavy atom. The zero-order valence-electron chi connectivity index (χ0n) is 29.8. The largest absolute Gasteiger partial charge is 0.493 e. The highest BCUT2D eigenvalue weighted by Crippen LogP contribution is 2.42. The Balaban J connectivity index is 1.07. The molecule has 0 saturated carbocycles. The summed E-state index contributed by atoms with van der Waals surface area (Å²) in [5.74, 6) is 0.0562. The molecule has 5 aromatic rings. The Bertz CT molecular complexity index is 1960. The summed E-state index contributed by atoms with van der Waals surface area (Å²) in [6.45, 7) is 3.96. The highest BCUT2D eigenvalue weighted by atomic mass is 19.2. The molecule has 0 bridgehead atoms. The number of benzene rings is 3. The number of nitrogens with zero attached hydrogens (tertiary/aromatic N) is 5. The monoisotopic (exact) mass is 710 g/mol. The normalized spacial score (nSPS) is 18.1. The number of halogens is 2. The smallest absolute Gasteiger partial charge is 0.254 e. The number of hydrogen-bond donors (Lipinski definition) is 1. The topological polar surface area (TPSA) is 96.1 Å². The first-order valence-electron chi connectivity index (χ1n) is 17.7. The molecule has 0 aliphatic carbocycles. The van der Waals surface area contributed by atoms with Crippen molar-refractivity contribution >= 4 is 22.9 Å². The zero-order chi connectivity index (χ0) is 36.2. The molecule has 0 spiro atoms. The predicted molar refractivity (Wildman–Crippen MR) is 195 cm³/mol. The van der Waals surface area contributed by atoms with Gasteiger partial charge >= 0.3 is 0 Å². The van der Waals surface area contributed by atoms with Crippen LogP contribution in [0.3, 0.4) is 0 Å². The van der Waals surface area contributed by atoms with E-state index in [9.17, 15) is 13.6 Å². The van der Waals surface area contributed by atoms with Crippen LogP contribution in [0.15, 0.2) is 79.0 Å². The number of rotatable bonds is 12. The van der Waals surface area contributed by atoms with Crippen LogP contribution in [0, 0.1) is 11.6 Å². The first-order valence-corrected chi connectivity index (χ1v) is 17.7. The molecule has 10 nitrogen and oxygen atoms in total. The third-order valence-corrected chi connectivity index (χ3v) is 10.7. The standard InChI is InChI=1S/C40H44F2N6O4/c1-50-35-22-27(23-36(51-2)37(35)52-3)38(49)47-21-16-40(26-47,28-11-12-31(41)32(42)24-28)15-20-46-18-13-30(14-19-46)48(25-29-8-6-7-17-43-29)39-44-33-9-4-5-10-34(33)45-39/h4-12,17,22-24,30H,13-16,18-21,25-26H2,1-3H3,(H,44,45). The second-order valence-corrected chi connectivity index (χ2v) is 13.6. The molecular formula is C40H44F2N6O4. The molecular weight excluding hydrogens is 666 g/mol. The predicted octanol–water partition coefficient (Wildman–Crippen LogP) is 6.61. The molecule has 7 rings (SSSR count). The van der Waals surface area contributed by atoms with Crippen molar-refractivity contribution in [1.82, 2.24) is 24.8 Å². The number of carbonyl (C=O) groups excluding carboxylic acids is 1. The van der Waals surface area contributed by atoms with Crippen LogP contribution in [0.25, 0.3) is 11.0 Å². The van der Waals surface area contributed by atoms with Crippen molar-refractivity contribution in [1.29, 1.82) is 0 Å². The number of hydrogen-bond acceptors (Lipinski definition) is 8. The van der Waals surface area contributed by atoms with Gasteiger partial charge in [-0.25, -0.2) is 13.8 Å². The van der Waals surface area contributed by atoms with Crippen LogP contribution >= 0.6 is 0 Å². The van der Waals surface area contributed by atoms with Crippen molar-refractivity contribution in [2.75, 3.05) is 59.0 Å². The van der Waals surface area contributed by atoms with E-state index in [0.29, 0.717) is 60.9 Å². The number of carbonyl (C=O) groups is 1. The molecule has 12 heteroatoms. The molecule has 272 valence electrons. The lowest BCUT2D eigenvalue weighted by molar-refractivity contribution is 0.0779. The van der Waals surface area contributed by atoms with Crippen molar-refractivity contribution in [3.05, 3.63) is 107 Å². The lowest BCUT2D eigenvalue weighted by Crippen LogP contribution is -2.46. The number of aromatic nitrogens is 3. The Labute approximate surface area is 302 Å². The number of imidazole rings is 1. The number of piperidine rings is 1. The van der Waals surface area contributed by atoms with Gasteiger partial charge in [0.05, 0.1) is 44.6 Å². The van der Waals surface area contributed by atoms with Crippen LogP contribution in [0.2, 0.25) is 0 Å². The van der Waals surface area contributed by atoms with Crippen molar-refractivity contribution in [3.63, 3.8) is 0 Å². The summed E-state index contributed by atoms with van der Waals surface area (Å²) in [5, 5.41) is 0. The summed E-state index contributed by atoms with van der Waals surface area (Å²) >= 11 is 0. The highest BCUT2D eigenvalue weighted by molar-refractivity contribution is 5.96. The van der Waals surface area contributed by atoms with E-state index in [1.54, 1.807) is 23.1 Å². The van der Waals surface area contributed by atoms with Gasteiger partial charge in [-0.2, -0.15) is 0 Å². The zero-order valence-corrected chi connectivity index (χ0v) is 29.8. The minimum Gasteiger partial charge on any atom is -0.493 e. The maximum Gasteiger partial charge on any atom is 0.254 e. The summed E-state index contributed by atoms with van der Waals surface area (Å²) in [6.07, 6.45) is 4.97. The third-order valence-electron chi connectivity index (χ3n) is 10.7. The van der Waals surface area contributed by atoms with E-state index in [1.165, 1.54) is 33.5 Å². The molecule has 52 heavy (non-hydrogen) atoms. The van der Waals surface area contributed by atoms with E-state index in [2.05, 4.69) is 19.8 Å². The molecule has 1 N–H and O–H groups in total. The number of ether oxygens (including phenoxy) is 3. The van der Waals surface area contributed by atoms with Gasteiger partial charge in [-0.1, -0.05) is 24.3 Å². The summed E-state index contributed by atoms with van der Waals surface area (Å²) in [7, 11) is 4.53. The molecule has 2 aromatic heterocycles. The second-order valence-electron chi connectivity index (χ2n) is 13.6. The van der Waals surface area contributed by atoms with Crippen LogP contribution in [0.5, 0.6) is 17.2 Å². The fourth-order valence-corrected chi connectivity index (χ4v) is 7.79. The number of fused-ring (bicyclic) bond motifs is 1. The number of aromatic amines is 1. The van der Waals surface area contributed by atoms with Gasteiger partial charge in [-0.15, -0.1) is 0 Å². The van der Waals surface area contributed by atoms with Crippen LogP contribution in [0.1, 0.15) is 47.3 Å². The number of methoxy groups -OCH3 is 3. The van der Waals surface area contributed by atoms with Crippen molar-refractivity contribution in [3.8, 4) is 17.2 Å². The van der Waals surface area contributed by atoms with Gasteiger partial charge in [0, 0.05) is 49.4 Å². The van der Waals surface area contributed by atoms with Crippen molar-refractivity contribution < 1.29 is 27.8 Å². The van der Waals surface area contributed by atoms with Crippen molar-refractivity contribution in [2.24, 2.45) is 0 Å². The summed E-state index contributed by atoms with van der Waals surface area (Å²) in [5.41, 5.74) is 3.45. The Kier molecular flexibility index (Phi) is 10.3. The van der Waals surface area contributed by atoms with Gasteiger partial charge in [-0.05, 0) is 86.3 Å². The minimum absolute atomic E-state index is 0.192. The van der Waals surface area contributed by atoms with E-state index in [1.807, 2.05) is 48.7 Å². The van der Waals surface area contributed by atoms with Crippen LogP contribution in [-0.2, 0) is 12.0 Å². The number of pyridine rings is 1. The minimum atomic E-state index is -0.885. The Hall–Kier alpha value is -5.23. The first kappa shape index (κ1) is 35.2. The van der Waals surface area contributed by atoms with Gasteiger partial charge in [0.1, 0.15) is 0 Å². The number of anilines is 1. The molecule has 2 aliphatic rings. The fourth-order valence-electron chi connectivity index (χ4n) is 7.79. The van der Waals surface area contributed by atoms with E-state index in [0.717, 1.165) is 55.2 Å². The fraction of sp³-hybridized carbons (Fsp3) is 0.375. The lowest BCUT2D eigenvalue weighted by atomic mass is 9.76. The van der Waals surface area contributed by atoms with Crippen LogP contribution in [0.4, 0.5) is 14.7 Å². The summed E-state index contributed by atoms with van der Waals surface area (Å²) < 4.78 is 45.3. The quantitative estimate of drug-likeness (QED) is 0.155. The van der Waals surface area contributed by atoms with E-state index < -0.39 is 17.0 Å². The molecule has 4 heterocycles. The van der Waals surface area contributed by atoms with Gasteiger partial charge in [0.2, 0.25) is 11.7 Å². The molecule has 1 atom stereocenters. The molecule has 3 aromatic carbocycles. The van der Waals surface area contributed by atoms with Crippen LogP contribution < -0.4 is 19.1 Å². The van der Waals surface area contributed by atoms with E-state index >= 15 is 0 Å². The van der Waals surface area contributed by atoms with Gasteiger partial charge in [0.15, 0.2) is 23.1 Å². The number of amides is 1. The molecule has 2 fully saturated rings. The Morgan fingerprint density at radius 2 is 1.67 bits per heavy atom. The molecule has 2 aliphatic heterocycles. The molecule has 1 amide bonds. The maximum atomic E-state index is 14.7. The highest BCUT2D eigenvalue weighted by Gasteiger charge is 2.42. The Morgan fingerprint density at radius 1 is 0.923 bits per heavy atom. The van der Waals surface area contributed by atoms with E-state index in [4.69, 9.17) is 19.2 Å². The number of H-pyrrole nitrogens is 1. The lowest BCUT2D eigenvalue weighted by Gasteiger charge is -2.40. The SMILES string of the molecule is COc1cc(C(=O)N2CCC(CCN3CCC(N(Cc4ccccn4)c4nc5ccccc5[nH]4)CC3)(c3ccc(F)c(F)c3)C2)cc(OC)c1OC. The van der Waals surface area contributed by atoms with Crippen molar-refractivity contribution in [2.45, 2.75) is 43.7 Å². The average molecular weight is 711 g/mol. The number of nitrogens with one attached hydrogen (secondary N) is 1. The van der Waals surface area contributed by atoms with Crippen LogP contribution in [-0.4, -0.2) is 90.8 Å². The third kappa shape index (κ3) is 7.12. The van der Waals surface area contributed by atoms with E-state index in [-0.39, 0.29) is 11.9 Å². The van der Waals surface area contributed by atoms with Gasteiger partial charge < -0.3 is 33.9 Å². The number of para-hydroxylation sites is 2. The summed E-state index contributed by atoms with van der Waals surface area (Å²) in [6, 6.07) is 21.7. The van der Waals surface area contributed by atoms with Gasteiger partial charge in [0.25, 0.3) is 5.91 Å². The average Bonchev–Trinajstić information content (AvgIpc) is 3.83. The van der Waals surface area contributed by atoms with Gasteiger partial charge in [-0.3, -0.25) is 9.78 Å². The first-order chi connectivity index (χ1) is 25.3. The number of likely N-dealkylation sites (tertiary alicyclic amines) is 2. The molecule has 1 unspecified atom stereocenters. The molecule has 2 saturated heterocycles. The second kappa shape index (κ2) is 15.2.